The van der Waals surface area contributed by atoms with Crippen molar-refractivity contribution in [1.82, 2.24) is 10.6 Å². The van der Waals surface area contributed by atoms with Crippen LogP contribution < -0.4 is 10.6 Å². The van der Waals surface area contributed by atoms with Gasteiger partial charge in [-0.3, -0.25) is 4.79 Å². The predicted octanol–water partition coefficient (Wildman–Crippen LogP) is 3.29. The number of thioether (sulfide) groups is 1. The standard InChI is InChI=1S/C18H28N2OS/c1-13-6-5-7-14(10-13)17(18(2,3)4)20-16(21)11-15-12-22-9-8-19-15/h5-7,10,15,17,19H,8-9,11-12H2,1-4H3,(H,20,21). The maximum Gasteiger partial charge on any atom is 0.222 e. The van der Waals surface area contributed by atoms with E-state index < -0.39 is 0 Å². The number of amides is 1. The molecular formula is C18H28N2OS. The van der Waals surface area contributed by atoms with Crippen LogP contribution in [0.5, 0.6) is 0 Å². The molecule has 2 unspecified atom stereocenters. The number of nitrogens with one attached hydrogen (secondary N) is 2. The number of aryl methyl sites for hydroxylation is 1. The molecule has 4 heteroatoms. The van der Waals surface area contributed by atoms with Crippen LogP contribution in [0.15, 0.2) is 24.3 Å². The number of benzene rings is 1. The Morgan fingerprint density at radius 3 is 2.82 bits per heavy atom. The Morgan fingerprint density at radius 1 is 1.45 bits per heavy atom. The lowest BCUT2D eigenvalue weighted by molar-refractivity contribution is -0.123. The van der Waals surface area contributed by atoms with Crippen LogP contribution in [-0.2, 0) is 4.79 Å². The van der Waals surface area contributed by atoms with Crippen molar-refractivity contribution in [1.29, 1.82) is 0 Å². The summed E-state index contributed by atoms with van der Waals surface area (Å²) in [5.41, 5.74) is 2.40. The fourth-order valence-corrected chi connectivity index (χ4v) is 3.79. The Labute approximate surface area is 138 Å². The van der Waals surface area contributed by atoms with Gasteiger partial charge < -0.3 is 10.6 Å². The first-order chi connectivity index (χ1) is 10.4. The second kappa shape index (κ2) is 7.51. The molecule has 1 aliphatic heterocycles. The maximum absolute atomic E-state index is 12.5. The normalized spacial score (nSPS) is 20.5. The fraction of sp³-hybridized carbons (Fsp3) is 0.611. The molecule has 2 rings (SSSR count). The minimum absolute atomic E-state index is 0.0157. The molecule has 1 aromatic rings. The zero-order chi connectivity index (χ0) is 16.2. The van der Waals surface area contributed by atoms with E-state index in [0.717, 1.165) is 18.1 Å². The van der Waals surface area contributed by atoms with Crippen LogP contribution >= 0.6 is 11.8 Å². The molecule has 1 aliphatic rings. The van der Waals surface area contributed by atoms with Crippen molar-refractivity contribution in [3.63, 3.8) is 0 Å². The van der Waals surface area contributed by atoms with E-state index in [2.05, 4.69) is 62.6 Å². The first-order valence-electron chi connectivity index (χ1n) is 8.03. The van der Waals surface area contributed by atoms with Gasteiger partial charge in [0.15, 0.2) is 0 Å². The van der Waals surface area contributed by atoms with E-state index in [4.69, 9.17) is 0 Å². The summed E-state index contributed by atoms with van der Waals surface area (Å²) in [6.45, 7) is 9.62. The van der Waals surface area contributed by atoms with E-state index >= 15 is 0 Å². The van der Waals surface area contributed by atoms with Gasteiger partial charge in [0.05, 0.1) is 6.04 Å². The van der Waals surface area contributed by atoms with Crippen LogP contribution in [-0.4, -0.2) is 30.0 Å². The summed E-state index contributed by atoms with van der Waals surface area (Å²) >= 11 is 1.93. The lowest BCUT2D eigenvalue weighted by Crippen LogP contribution is -2.43. The van der Waals surface area contributed by atoms with Crippen LogP contribution in [0.3, 0.4) is 0 Å². The second-order valence-electron chi connectivity index (χ2n) is 7.21. The van der Waals surface area contributed by atoms with Gasteiger partial charge in [-0.2, -0.15) is 11.8 Å². The van der Waals surface area contributed by atoms with Crippen molar-refractivity contribution in [2.24, 2.45) is 5.41 Å². The van der Waals surface area contributed by atoms with Crippen LogP contribution in [0.4, 0.5) is 0 Å². The zero-order valence-electron chi connectivity index (χ0n) is 14.1. The number of rotatable bonds is 4. The zero-order valence-corrected chi connectivity index (χ0v) is 14.9. The largest absolute Gasteiger partial charge is 0.349 e. The van der Waals surface area contributed by atoms with Gasteiger partial charge in [-0.1, -0.05) is 50.6 Å². The lowest BCUT2D eigenvalue weighted by Gasteiger charge is -2.33. The third-order valence-electron chi connectivity index (χ3n) is 3.98. The second-order valence-corrected chi connectivity index (χ2v) is 8.36. The summed E-state index contributed by atoms with van der Waals surface area (Å²) in [6.07, 6.45) is 0.561. The summed E-state index contributed by atoms with van der Waals surface area (Å²) in [5, 5.41) is 6.69. The van der Waals surface area contributed by atoms with E-state index in [-0.39, 0.29) is 17.4 Å². The van der Waals surface area contributed by atoms with E-state index in [1.807, 2.05) is 11.8 Å². The van der Waals surface area contributed by atoms with Gasteiger partial charge in [0.2, 0.25) is 5.91 Å². The first kappa shape index (κ1) is 17.4. The van der Waals surface area contributed by atoms with E-state index in [0.29, 0.717) is 12.5 Å². The molecular weight excluding hydrogens is 292 g/mol. The van der Waals surface area contributed by atoms with E-state index in [1.165, 1.54) is 11.1 Å². The number of hydrogen-bond acceptors (Lipinski definition) is 3. The van der Waals surface area contributed by atoms with Crippen molar-refractivity contribution in [3.8, 4) is 0 Å². The summed E-state index contributed by atoms with van der Waals surface area (Å²) in [5.74, 6) is 2.31. The Kier molecular flexibility index (Phi) is 5.93. The van der Waals surface area contributed by atoms with E-state index in [1.54, 1.807) is 0 Å². The maximum atomic E-state index is 12.5. The van der Waals surface area contributed by atoms with Crippen LogP contribution in [0.25, 0.3) is 0 Å². The predicted molar refractivity (Wildman–Crippen MR) is 95.3 cm³/mol. The summed E-state index contributed by atoms with van der Waals surface area (Å²) in [7, 11) is 0. The minimum atomic E-state index is -0.0157. The molecule has 2 N–H and O–H groups in total. The molecule has 0 saturated carbocycles. The summed E-state index contributed by atoms with van der Waals surface area (Å²) in [4.78, 5) is 12.5. The van der Waals surface area contributed by atoms with Gasteiger partial charge in [0.25, 0.3) is 0 Å². The van der Waals surface area contributed by atoms with Gasteiger partial charge in [-0.05, 0) is 17.9 Å². The van der Waals surface area contributed by atoms with Crippen molar-refractivity contribution in [3.05, 3.63) is 35.4 Å². The number of carbonyl (C=O) groups excluding carboxylic acids is 1. The monoisotopic (exact) mass is 320 g/mol. The van der Waals surface area contributed by atoms with Crippen molar-refractivity contribution in [2.45, 2.75) is 46.2 Å². The average Bonchev–Trinajstić information content (AvgIpc) is 2.44. The molecule has 0 aromatic heterocycles. The molecule has 122 valence electrons. The smallest absolute Gasteiger partial charge is 0.222 e. The van der Waals surface area contributed by atoms with Gasteiger partial charge in [0, 0.05) is 30.5 Å². The summed E-state index contributed by atoms with van der Waals surface area (Å²) in [6, 6.07) is 8.78. The van der Waals surface area contributed by atoms with Gasteiger partial charge in [-0.25, -0.2) is 0 Å². The third-order valence-corrected chi connectivity index (χ3v) is 5.11. The lowest BCUT2D eigenvalue weighted by atomic mass is 9.82. The third kappa shape index (κ3) is 5.03. The number of carbonyl (C=O) groups is 1. The molecule has 22 heavy (non-hydrogen) atoms. The van der Waals surface area contributed by atoms with Crippen molar-refractivity contribution >= 4 is 17.7 Å². The molecule has 1 aromatic carbocycles. The van der Waals surface area contributed by atoms with Crippen LogP contribution in [0.1, 0.15) is 44.4 Å². The van der Waals surface area contributed by atoms with Crippen molar-refractivity contribution < 1.29 is 4.79 Å². The SMILES string of the molecule is Cc1cccc(C(NC(=O)CC2CSCCN2)C(C)(C)C)c1. The molecule has 1 fully saturated rings. The molecule has 3 nitrogen and oxygen atoms in total. The molecule has 1 amide bonds. The molecule has 1 saturated heterocycles. The molecule has 2 atom stereocenters. The summed E-state index contributed by atoms with van der Waals surface area (Å²) < 4.78 is 0. The average molecular weight is 321 g/mol. The Bertz CT molecular complexity index is 504. The number of hydrogen-bond donors (Lipinski definition) is 2. The van der Waals surface area contributed by atoms with Gasteiger partial charge in [-0.15, -0.1) is 0 Å². The van der Waals surface area contributed by atoms with Crippen molar-refractivity contribution in [2.75, 3.05) is 18.1 Å². The Morgan fingerprint density at radius 2 is 2.23 bits per heavy atom. The molecule has 1 heterocycles. The fourth-order valence-electron chi connectivity index (χ4n) is 2.84. The highest BCUT2D eigenvalue weighted by Gasteiger charge is 2.28. The molecule has 0 spiro atoms. The van der Waals surface area contributed by atoms with E-state index in [9.17, 15) is 4.79 Å². The Hall–Kier alpha value is -1.00. The van der Waals surface area contributed by atoms with Crippen LogP contribution in [0.2, 0.25) is 0 Å². The highest BCUT2D eigenvalue weighted by Crippen LogP contribution is 2.33. The Balaban J connectivity index is 2.05. The highest BCUT2D eigenvalue weighted by atomic mass is 32.2. The molecule has 0 radical (unpaired) electrons. The first-order valence-corrected chi connectivity index (χ1v) is 9.19. The topological polar surface area (TPSA) is 41.1 Å². The van der Waals surface area contributed by atoms with Gasteiger partial charge >= 0.3 is 0 Å². The minimum Gasteiger partial charge on any atom is -0.349 e. The quantitative estimate of drug-likeness (QED) is 0.894. The molecule has 0 aliphatic carbocycles. The van der Waals surface area contributed by atoms with Crippen LogP contribution in [0, 0.1) is 12.3 Å². The van der Waals surface area contributed by atoms with Gasteiger partial charge in [0.1, 0.15) is 0 Å². The molecule has 0 bridgehead atoms. The highest BCUT2D eigenvalue weighted by molar-refractivity contribution is 7.99.